The number of ether oxygens (including phenoxy) is 1. The van der Waals surface area contributed by atoms with E-state index in [0.717, 1.165) is 12.3 Å². The van der Waals surface area contributed by atoms with Crippen molar-refractivity contribution in [3.05, 3.63) is 13.8 Å². The molecule has 2 nitrogen and oxygen atoms in total. The molecule has 2 heteroatoms. The first kappa shape index (κ1) is 23.7. The van der Waals surface area contributed by atoms with Crippen LogP contribution in [0, 0.1) is 36.5 Å². The Bertz CT molecular complexity index is 294. The van der Waals surface area contributed by atoms with Crippen LogP contribution in [0.1, 0.15) is 81.6 Å². The molecule has 134 valence electrons. The van der Waals surface area contributed by atoms with E-state index in [1.165, 1.54) is 0 Å². The Morgan fingerprint density at radius 3 is 1.50 bits per heavy atom. The van der Waals surface area contributed by atoms with Gasteiger partial charge in [0.2, 0.25) is 0 Å². The number of carbonyl (C=O) groups is 1. The molecule has 0 aromatic rings. The van der Waals surface area contributed by atoms with Gasteiger partial charge >= 0.3 is 5.97 Å². The molecule has 22 heavy (non-hydrogen) atoms. The molecule has 0 aliphatic rings. The lowest BCUT2D eigenvalue weighted by Crippen LogP contribution is -2.23. The smallest absolute Gasteiger partial charge is 0.306 e. The van der Waals surface area contributed by atoms with Gasteiger partial charge in [0, 0.05) is 6.42 Å². The Kier molecular flexibility index (Phi) is 11.1. The van der Waals surface area contributed by atoms with Crippen LogP contribution in [0.3, 0.4) is 0 Å². The number of hydrogen-bond acceptors (Lipinski definition) is 2. The number of rotatable bonds is 5. The fraction of sp³-hybridized carbons (Fsp3) is 0.850. The highest BCUT2D eigenvalue weighted by molar-refractivity contribution is 5.69. The number of carbonyl (C=O) groups excluding carboxylic acids is 1. The van der Waals surface area contributed by atoms with E-state index >= 15 is 0 Å². The minimum Gasteiger partial charge on any atom is -0.465 e. The van der Waals surface area contributed by atoms with Crippen LogP contribution < -0.4 is 0 Å². The number of hydrogen-bond donors (Lipinski definition) is 0. The SMILES string of the molecule is [CH2-]CC(C)C(C)(C)C.[CH2-]CC(C)OC(=O)CC(C)C(C)(C)C. The van der Waals surface area contributed by atoms with E-state index in [1.807, 2.05) is 6.92 Å². The zero-order chi connectivity index (χ0) is 18.1. The van der Waals surface area contributed by atoms with Crippen LogP contribution in [0.25, 0.3) is 0 Å². The van der Waals surface area contributed by atoms with E-state index in [1.54, 1.807) is 0 Å². The molecule has 0 saturated heterocycles. The third-order valence-corrected chi connectivity index (χ3v) is 4.60. The van der Waals surface area contributed by atoms with Gasteiger partial charge in [0.1, 0.15) is 0 Å². The fourth-order valence-corrected chi connectivity index (χ4v) is 1.32. The van der Waals surface area contributed by atoms with Crippen LogP contribution in [-0.4, -0.2) is 12.1 Å². The second kappa shape index (κ2) is 10.3. The van der Waals surface area contributed by atoms with Gasteiger partial charge in [0.25, 0.3) is 0 Å². The molecule has 0 saturated carbocycles. The maximum Gasteiger partial charge on any atom is 0.306 e. The van der Waals surface area contributed by atoms with Gasteiger partial charge in [0.15, 0.2) is 0 Å². The van der Waals surface area contributed by atoms with Crippen LogP contribution in [0.5, 0.6) is 0 Å². The van der Waals surface area contributed by atoms with Crippen LogP contribution in [0.4, 0.5) is 0 Å². The summed E-state index contributed by atoms with van der Waals surface area (Å²) in [4.78, 5) is 11.4. The molecule has 0 aromatic heterocycles. The summed E-state index contributed by atoms with van der Waals surface area (Å²) in [5, 5.41) is 0. The van der Waals surface area contributed by atoms with Gasteiger partial charge in [-0.15, -0.1) is 6.42 Å². The summed E-state index contributed by atoms with van der Waals surface area (Å²) >= 11 is 0. The van der Waals surface area contributed by atoms with Gasteiger partial charge < -0.3 is 18.6 Å². The lowest BCUT2D eigenvalue weighted by Gasteiger charge is -2.28. The van der Waals surface area contributed by atoms with Crippen molar-refractivity contribution in [3.8, 4) is 0 Å². The lowest BCUT2D eigenvalue weighted by molar-refractivity contribution is -0.150. The van der Waals surface area contributed by atoms with E-state index in [2.05, 4.69) is 69.2 Å². The predicted molar refractivity (Wildman–Crippen MR) is 97.4 cm³/mol. The summed E-state index contributed by atoms with van der Waals surface area (Å²) in [7, 11) is 0. The van der Waals surface area contributed by atoms with Crippen LogP contribution in [-0.2, 0) is 9.53 Å². The van der Waals surface area contributed by atoms with Crippen LogP contribution in [0.2, 0.25) is 0 Å². The predicted octanol–water partition coefficient (Wildman–Crippen LogP) is 6.11. The summed E-state index contributed by atoms with van der Waals surface area (Å²) in [5.41, 5.74) is 0.606. The topological polar surface area (TPSA) is 26.3 Å². The Morgan fingerprint density at radius 1 is 0.864 bits per heavy atom. The average molecular weight is 313 g/mol. The molecule has 0 fully saturated rings. The molecule has 3 atom stereocenters. The molecule has 3 unspecified atom stereocenters. The minimum absolute atomic E-state index is 0.0605. The first-order valence-electron chi connectivity index (χ1n) is 8.53. The summed E-state index contributed by atoms with van der Waals surface area (Å²) < 4.78 is 5.16. The molecule has 0 rings (SSSR count). The first-order chi connectivity index (χ1) is 9.75. The lowest BCUT2D eigenvalue weighted by atomic mass is 9.80. The van der Waals surface area contributed by atoms with Crippen molar-refractivity contribution in [3.63, 3.8) is 0 Å². The van der Waals surface area contributed by atoms with Crippen molar-refractivity contribution in [2.75, 3.05) is 0 Å². The summed E-state index contributed by atoms with van der Waals surface area (Å²) in [6.07, 6.45) is 2.11. The summed E-state index contributed by atoms with van der Waals surface area (Å²) in [5.74, 6) is 0.970. The Labute approximate surface area is 140 Å². The molecule has 0 aliphatic heterocycles. The third-order valence-electron chi connectivity index (χ3n) is 4.60. The van der Waals surface area contributed by atoms with Crippen LogP contribution >= 0.6 is 0 Å². The van der Waals surface area contributed by atoms with E-state index < -0.39 is 0 Å². The highest BCUT2D eigenvalue weighted by atomic mass is 16.5. The first-order valence-corrected chi connectivity index (χ1v) is 8.53. The van der Waals surface area contributed by atoms with Crippen molar-refractivity contribution in [2.45, 2.75) is 87.7 Å². The zero-order valence-electron chi connectivity index (χ0n) is 16.6. The van der Waals surface area contributed by atoms with Gasteiger partial charge in [-0.25, -0.2) is 0 Å². The van der Waals surface area contributed by atoms with Gasteiger partial charge in [-0.1, -0.05) is 61.3 Å². The van der Waals surface area contributed by atoms with Gasteiger partial charge in [-0.2, -0.15) is 6.42 Å². The molecule has 0 N–H and O–H groups in total. The Balaban J connectivity index is 0. The molecule has 0 spiro atoms. The van der Waals surface area contributed by atoms with E-state index in [0.29, 0.717) is 24.2 Å². The molecule has 0 aromatic carbocycles. The Hall–Kier alpha value is -0.530. The molecular formula is C20H40O2-2. The molecule has 0 heterocycles. The molecule has 0 aliphatic carbocycles. The van der Waals surface area contributed by atoms with Crippen molar-refractivity contribution < 1.29 is 9.53 Å². The van der Waals surface area contributed by atoms with Gasteiger partial charge in [-0.3, -0.25) is 4.79 Å². The molecule has 0 amide bonds. The summed E-state index contributed by atoms with van der Waals surface area (Å²) in [6, 6.07) is 0. The minimum atomic E-state index is -0.108. The maximum atomic E-state index is 11.4. The van der Waals surface area contributed by atoms with E-state index in [-0.39, 0.29) is 17.5 Å². The molecule has 0 bridgehead atoms. The van der Waals surface area contributed by atoms with Crippen LogP contribution in [0.15, 0.2) is 0 Å². The fourth-order valence-electron chi connectivity index (χ4n) is 1.32. The van der Waals surface area contributed by atoms with Gasteiger partial charge in [-0.05, 0) is 23.7 Å². The highest BCUT2D eigenvalue weighted by Gasteiger charge is 2.23. The molecular weight excluding hydrogens is 272 g/mol. The normalized spacial score (nSPS) is 16.1. The summed E-state index contributed by atoms with van der Waals surface area (Å²) in [6.45, 7) is 26.9. The van der Waals surface area contributed by atoms with Gasteiger partial charge in [0.05, 0.1) is 6.10 Å². The largest absolute Gasteiger partial charge is 0.465 e. The van der Waals surface area contributed by atoms with Crippen molar-refractivity contribution in [2.24, 2.45) is 22.7 Å². The standard InChI is InChI=1S/C12H23O2.C8H17/c1-7-10(3)14-11(13)8-9(2)12(4,5)6;1-6-7(2)8(3,4)5/h9-10H,1,7-8H2,2-6H3;7H,1,6H2,2-5H3/q2*-1. The highest BCUT2D eigenvalue weighted by Crippen LogP contribution is 2.28. The second-order valence-corrected chi connectivity index (χ2v) is 8.62. The van der Waals surface area contributed by atoms with Crippen molar-refractivity contribution in [1.29, 1.82) is 0 Å². The van der Waals surface area contributed by atoms with E-state index in [9.17, 15) is 4.79 Å². The monoisotopic (exact) mass is 312 g/mol. The third kappa shape index (κ3) is 12.1. The average Bonchev–Trinajstić information content (AvgIpc) is 2.35. The quantitative estimate of drug-likeness (QED) is 0.452. The zero-order valence-corrected chi connectivity index (χ0v) is 16.6. The second-order valence-electron chi connectivity index (χ2n) is 8.62. The van der Waals surface area contributed by atoms with Crippen molar-refractivity contribution >= 4 is 5.97 Å². The number of esters is 1. The Morgan fingerprint density at radius 2 is 1.27 bits per heavy atom. The maximum absolute atomic E-state index is 11.4. The van der Waals surface area contributed by atoms with Crippen molar-refractivity contribution in [1.82, 2.24) is 0 Å². The van der Waals surface area contributed by atoms with E-state index in [4.69, 9.17) is 4.74 Å². The molecule has 0 radical (unpaired) electrons.